The van der Waals surface area contributed by atoms with Crippen LogP contribution in [0.15, 0.2) is 18.2 Å². The van der Waals surface area contributed by atoms with Crippen LogP contribution < -0.4 is 5.32 Å². The van der Waals surface area contributed by atoms with Crippen molar-refractivity contribution in [1.82, 2.24) is 20.2 Å². The number of nitrogens with zero attached hydrogens (tertiary/aromatic N) is 2. The molecule has 3 heterocycles. The highest BCUT2D eigenvalue weighted by Gasteiger charge is 2.38. The van der Waals surface area contributed by atoms with Gasteiger partial charge in [0.1, 0.15) is 5.69 Å². The van der Waals surface area contributed by atoms with Gasteiger partial charge in [-0.2, -0.15) is 5.10 Å². The maximum absolute atomic E-state index is 12.0. The molecular weight excluding hydrogens is 266 g/mol. The Bertz CT molecular complexity index is 887. The number of amides is 1. The van der Waals surface area contributed by atoms with E-state index in [0.717, 1.165) is 39.5 Å². The van der Waals surface area contributed by atoms with Crippen LogP contribution in [0, 0.1) is 6.92 Å². The lowest BCUT2D eigenvalue weighted by Crippen LogP contribution is -2.26. The molecule has 3 N–H and O–H groups in total. The van der Waals surface area contributed by atoms with Gasteiger partial charge in [0.2, 0.25) is 5.91 Å². The molecule has 0 radical (unpaired) electrons. The second kappa shape index (κ2) is 3.72. The Labute approximate surface area is 121 Å². The summed E-state index contributed by atoms with van der Waals surface area (Å²) in [5, 5.41) is 9.99. The minimum Gasteiger partial charge on any atom is -0.337 e. The molecule has 106 valence electrons. The van der Waals surface area contributed by atoms with Crippen molar-refractivity contribution >= 4 is 22.6 Å². The van der Waals surface area contributed by atoms with E-state index in [2.05, 4.69) is 25.5 Å². The number of aromatic amines is 2. The summed E-state index contributed by atoms with van der Waals surface area (Å²) in [6.45, 7) is 5.78. The maximum Gasteiger partial charge on any atom is 0.234 e. The number of fused-ring (bicyclic) bond motifs is 2. The molecule has 4 rings (SSSR count). The Morgan fingerprint density at radius 1 is 1.19 bits per heavy atom. The topological polar surface area (TPSA) is 86.5 Å². The molecule has 3 aromatic rings. The van der Waals surface area contributed by atoms with Gasteiger partial charge in [-0.3, -0.25) is 9.89 Å². The summed E-state index contributed by atoms with van der Waals surface area (Å²) >= 11 is 0. The van der Waals surface area contributed by atoms with Gasteiger partial charge in [-0.1, -0.05) is 0 Å². The number of hydrogen-bond acceptors (Lipinski definition) is 3. The van der Waals surface area contributed by atoms with E-state index < -0.39 is 5.41 Å². The fourth-order valence-electron chi connectivity index (χ4n) is 2.75. The number of hydrogen-bond donors (Lipinski definition) is 3. The van der Waals surface area contributed by atoms with Crippen LogP contribution in [0.3, 0.4) is 0 Å². The van der Waals surface area contributed by atoms with Crippen LogP contribution in [-0.4, -0.2) is 26.1 Å². The van der Waals surface area contributed by atoms with E-state index in [4.69, 9.17) is 0 Å². The van der Waals surface area contributed by atoms with Gasteiger partial charge in [0, 0.05) is 5.69 Å². The minimum absolute atomic E-state index is 0.0227. The molecule has 0 saturated carbocycles. The standard InChI is InChI=1S/C15H15N5O/c1-7-4-12(20-19-7)13-16-10-5-8-9(6-11(10)17-13)18-14(21)15(8,2)3/h4-6H,1-3H3,(H,16,17)(H,18,21)(H,19,20). The summed E-state index contributed by atoms with van der Waals surface area (Å²) in [6, 6.07) is 5.86. The number of H-pyrrole nitrogens is 2. The first-order valence-corrected chi connectivity index (χ1v) is 6.83. The van der Waals surface area contributed by atoms with Gasteiger partial charge >= 0.3 is 0 Å². The van der Waals surface area contributed by atoms with Crippen molar-refractivity contribution in [3.8, 4) is 11.5 Å². The van der Waals surface area contributed by atoms with Gasteiger partial charge in [0.25, 0.3) is 0 Å². The highest BCUT2D eigenvalue weighted by atomic mass is 16.2. The molecule has 1 amide bonds. The second-order valence-corrected chi connectivity index (χ2v) is 6.00. The van der Waals surface area contributed by atoms with Crippen molar-refractivity contribution in [2.45, 2.75) is 26.2 Å². The number of imidazole rings is 1. The van der Waals surface area contributed by atoms with Crippen LogP contribution in [0.5, 0.6) is 0 Å². The molecule has 1 aliphatic rings. The molecular formula is C15H15N5O. The van der Waals surface area contributed by atoms with Gasteiger partial charge in [-0.15, -0.1) is 0 Å². The number of anilines is 1. The molecule has 0 atom stereocenters. The van der Waals surface area contributed by atoms with Crippen LogP contribution in [0.2, 0.25) is 0 Å². The third-order valence-corrected chi connectivity index (χ3v) is 4.07. The van der Waals surface area contributed by atoms with Crippen molar-refractivity contribution in [1.29, 1.82) is 0 Å². The zero-order valence-corrected chi connectivity index (χ0v) is 12.0. The maximum atomic E-state index is 12.0. The smallest absolute Gasteiger partial charge is 0.234 e. The third-order valence-electron chi connectivity index (χ3n) is 4.07. The molecule has 0 spiro atoms. The van der Waals surface area contributed by atoms with E-state index >= 15 is 0 Å². The number of carbonyl (C=O) groups excluding carboxylic acids is 1. The van der Waals surface area contributed by atoms with Crippen LogP contribution in [-0.2, 0) is 10.2 Å². The number of rotatable bonds is 1. The molecule has 2 aromatic heterocycles. The predicted octanol–water partition coefficient (Wildman–Crippen LogP) is 2.49. The molecule has 6 heteroatoms. The normalized spacial score (nSPS) is 16.2. The minimum atomic E-state index is -0.515. The van der Waals surface area contributed by atoms with Crippen molar-refractivity contribution in [3.05, 3.63) is 29.5 Å². The van der Waals surface area contributed by atoms with E-state index in [1.807, 2.05) is 39.0 Å². The van der Waals surface area contributed by atoms with Crippen molar-refractivity contribution in [2.75, 3.05) is 5.32 Å². The van der Waals surface area contributed by atoms with Gasteiger partial charge < -0.3 is 10.3 Å². The first kappa shape index (κ1) is 12.1. The zero-order valence-electron chi connectivity index (χ0n) is 12.0. The summed E-state index contributed by atoms with van der Waals surface area (Å²) in [4.78, 5) is 19.8. The van der Waals surface area contributed by atoms with Crippen molar-refractivity contribution in [3.63, 3.8) is 0 Å². The lowest BCUT2D eigenvalue weighted by molar-refractivity contribution is -0.119. The SMILES string of the molecule is Cc1cc(-c2nc3cc4c(cc3[nH]2)C(C)(C)C(=O)N4)[nH]n1. The van der Waals surface area contributed by atoms with Gasteiger partial charge in [0.05, 0.1) is 22.1 Å². The largest absolute Gasteiger partial charge is 0.337 e. The Balaban J connectivity index is 1.90. The highest BCUT2D eigenvalue weighted by molar-refractivity contribution is 6.07. The molecule has 0 bridgehead atoms. The van der Waals surface area contributed by atoms with Gasteiger partial charge in [-0.25, -0.2) is 4.98 Å². The van der Waals surface area contributed by atoms with Crippen LogP contribution in [0.4, 0.5) is 5.69 Å². The summed E-state index contributed by atoms with van der Waals surface area (Å²) in [6.07, 6.45) is 0. The van der Waals surface area contributed by atoms with Crippen LogP contribution >= 0.6 is 0 Å². The summed E-state index contributed by atoms with van der Waals surface area (Å²) in [7, 11) is 0. The molecule has 21 heavy (non-hydrogen) atoms. The fraction of sp³-hybridized carbons (Fsp3) is 0.267. The van der Waals surface area contributed by atoms with E-state index in [1.165, 1.54) is 0 Å². The lowest BCUT2D eigenvalue weighted by Gasteiger charge is -2.14. The van der Waals surface area contributed by atoms with E-state index in [1.54, 1.807) is 0 Å². The summed E-state index contributed by atoms with van der Waals surface area (Å²) in [5.41, 5.74) is 4.84. The molecule has 1 aromatic carbocycles. The molecule has 1 aliphatic heterocycles. The monoisotopic (exact) mass is 281 g/mol. The van der Waals surface area contributed by atoms with E-state index in [9.17, 15) is 4.79 Å². The Kier molecular flexibility index (Phi) is 2.15. The van der Waals surface area contributed by atoms with Crippen LogP contribution in [0.25, 0.3) is 22.6 Å². The molecule has 6 nitrogen and oxygen atoms in total. The number of aromatic nitrogens is 4. The zero-order chi connectivity index (χ0) is 14.8. The predicted molar refractivity (Wildman–Crippen MR) is 80.1 cm³/mol. The number of aryl methyl sites for hydroxylation is 1. The Hall–Kier alpha value is -2.63. The van der Waals surface area contributed by atoms with Crippen molar-refractivity contribution < 1.29 is 4.79 Å². The highest BCUT2D eigenvalue weighted by Crippen LogP contribution is 2.39. The average molecular weight is 281 g/mol. The van der Waals surface area contributed by atoms with E-state index in [-0.39, 0.29) is 5.91 Å². The first-order chi connectivity index (χ1) is 9.95. The lowest BCUT2D eigenvalue weighted by atomic mass is 9.86. The first-order valence-electron chi connectivity index (χ1n) is 6.83. The van der Waals surface area contributed by atoms with Gasteiger partial charge in [-0.05, 0) is 44.5 Å². The van der Waals surface area contributed by atoms with Gasteiger partial charge in [0.15, 0.2) is 5.82 Å². The Morgan fingerprint density at radius 3 is 2.71 bits per heavy atom. The summed E-state index contributed by atoms with van der Waals surface area (Å²) < 4.78 is 0. The van der Waals surface area contributed by atoms with E-state index in [0.29, 0.717) is 0 Å². The molecule has 0 aliphatic carbocycles. The average Bonchev–Trinajstić information content (AvgIpc) is 3.07. The fourth-order valence-corrected chi connectivity index (χ4v) is 2.75. The summed E-state index contributed by atoms with van der Waals surface area (Å²) in [5.74, 6) is 0.771. The third kappa shape index (κ3) is 1.62. The van der Waals surface area contributed by atoms with Crippen molar-refractivity contribution in [2.24, 2.45) is 0 Å². The van der Waals surface area contributed by atoms with Crippen LogP contribution in [0.1, 0.15) is 25.1 Å². The second-order valence-electron chi connectivity index (χ2n) is 6.00. The number of benzene rings is 1. The molecule has 0 unspecified atom stereocenters. The quantitative estimate of drug-likeness (QED) is 0.640. The molecule has 0 fully saturated rings. The molecule has 0 saturated heterocycles. The number of carbonyl (C=O) groups is 1. The Morgan fingerprint density at radius 2 is 2.00 bits per heavy atom. The number of nitrogens with one attached hydrogen (secondary N) is 3.